The zero-order chi connectivity index (χ0) is 14.3. The summed E-state index contributed by atoms with van der Waals surface area (Å²) in [5, 5.41) is 0. The van der Waals surface area contributed by atoms with E-state index < -0.39 is 6.72 Å². The predicted octanol–water partition coefficient (Wildman–Crippen LogP) is 0.482. The van der Waals surface area contributed by atoms with Crippen molar-refractivity contribution in [1.29, 1.82) is 0 Å². The van der Waals surface area contributed by atoms with Gasteiger partial charge in [0.05, 0.1) is 27.0 Å². The van der Waals surface area contributed by atoms with E-state index in [-0.39, 0.29) is 0 Å². The summed E-state index contributed by atoms with van der Waals surface area (Å²) in [6.07, 6.45) is 0. The molecule has 1 rings (SSSR count). The molecule has 0 amide bonds. The average Bonchev–Trinajstić information content (AvgIpc) is 2.26. The Morgan fingerprint density at radius 3 is 1.78 bits per heavy atom. The molecule has 0 aromatic heterocycles. The van der Waals surface area contributed by atoms with Crippen LogP contribution in [0.25, 0.3) is 0 Å². The van der Waals surface area contributed by atoms with Crippen molar-refractivity contribution in [2.75, 3.05) is 27.1 Å². The Balaban J connectivity index is 0.000000494. The van der Waals surface area contributed by atoms with E-state index in [4.69, 9.17) is 34.6 Å². The van der Waals surface area contributed by atoms with Crippen LogP contribution in [0.4, 0.5) is 5.69 Å². The fourth-order valence-electron chi connectivity index (χ4n) is 1.12. The molecule has 1 aromatic rings. The van der Waals surface area contributed by atoms with Crippen molar-refractivity contribution >= 4 is 24.2 Å². The summed E-state index contributed by atoms with van der Waals surface area (Å²) in [5.41, 5.74) is 6.20. The summed E-state index contributed by atoms with van der Waals surface area (Å²) >= 11 is 3.60. The molecule has 0 aliphatic heterocycles. The lowest BCUT2D eigenvalue weighted by Crippen LogP contribution is -1.98. The lowest BCUT2D eigenvalue weighted by molar-refractivity contribution is 0.325. The zero-order valence-electron chi connectivity index (χ0n) is 10.2. The Bertz CT molecular complexity index is 427. The van der Waals surface area contributed by atoms with E-state index in [0.717, 1.165) is 0 Å². The van der Waals surface area contributed by atoms with Gasteiger partial charge in [-0.05, 0) is 23.9 Å². The van der Waals surface area contributed by atoms with Crippen molar-refractivity contribution in [3.05, 3.63) is 12.1 Å². The normalized spacial score (nSPS) is 10.1. The van der Waals surface area contributed by atoms with E-state index in [1.54, 1.807) is 26.4 Å². The topological polar surface area (TPSA) is 114 Å². The molecule has 18 heavy (non-hydrogen) atoms. The molecule has 9 heteroatoms. The summed E-state index contributed by atoms with van der Waals surface area (Å²) in [4.78, 5) is 22.7. The maximum absolute atomic E-state index is 7.56. The van der Waals surface area contributed by atoms with Crippen LogP contribution >= 0.6 is 6.72 Å². The fraction of sp³-hybridized carbons (Fsp3) is 0.333. The van der Waals surface area contributed by atoms with Crippen LogP contribution in [0.3, 0.4) is 0 Å². The van der Waals surface area contributed by atoms with Gasteiger partial charge in [0.2, 0.25) is 5.75 Å². The van der Waals surface area contributed by atoms with Crippen molar-refractivity contribution < 1.29 is 28.9 Å². The molecule has 0 heterocycles. The van der Waals surface area contributed by atoms with Crippen molar-refractivity contribution in [2.45, 2.75) is 0 Å². The van der Waals surface area contributed by atoms with Gasteiger partial charge in [0.25, 0.3) is 0 Å². The maximum atomic E-state index is 7.56. The second-order valence-corrected chi connectivity index (χ2v) is 5.43. The SMILES string of the molecule is COc1ccc(N)c(OC)c1OC.OP(O)(O)=S. The maximum Gasteiger partial charge on any atom is 0.319 e. The van der Waals surface area contributed by atoms with Crippen LogP contribution < -0.4 is 19.9 Å². The van der Waals surface area contributed by atoms with Crippen molar-refractivity contribution in [3.8, 4) is 17.2 Å². The van der Waals surface area contributed by atoms with E-state index in [0.29, 0.717) is 22.9 Å². The number of rotatable bonds is 3. The molecule has 0 aliphatic carbocycles. The lowest BCUT2D eigenvalue weighted by atomic mass is 10.2. The van der Waals surface area contributed by atoms with Crippen molar-refractivity contribution in [3.63, 3.8) is 0 Å². The molecule has 0 atom stereocenters. The Morgan fingerprint density at radius 1 is 1.00 bits per heavy atom. The molecule has 0 aliphatic rings. The standard InChI is InChI=1S/C9H13NO3.H3O3PS/c1-11-7-5-4-6(10)8(12-2)9(7)13-3;1-4(2,3)5/h4-5H,10H2,1-3H3;(H3,1,2,3,5). The van der Waals surface area contributed by atoms with Crippen LogP contribution in [0.2, 0.25) is 0 Å². The minimum atomic E-state index is -3.81. The quantitative estimate of drug-likeness (QED) is 0.470. The molecular formula is C9H16NO6PS. The summed E-state index contributed by atoms with van der Waals surface area (Å²) in [5.74, 6) is 1.63. The molecule has 0 saturated heterocycles. The van der Waals surface area contributed by atoms with Gasteiger partial charge in [-0.25, -0.2) is 0 Å². The van der Waals surface area contributed by atoms with Crippen LogP contribution in [-0.4, -0.2) is 36.0 Å². The molecule has 5 N–H and O–H groups in total. The van der Waals surface area contributed by atoms with Crippen LogP contribution in [0.15, 0.2) is 12.1 Å². The Hall–Kier alpha value is -1.05. The van der Waals surface area contributed by atoms with E-state index >= 15 is 0 Å². The molecular weight excluding hydrogens is 281 g/mol. The average molecular weight is 297 g/mol. The number of hydrogen-bond donors (Lipinski definition) is 4. The Labute approximate surface area is 110 Å². The van der Waals surface area contributed by atoms with Gasteiger partial charge in [-0.15, -0.1) is 0 Å². The first-order valence-electron chi connectivity index (χ1n) is 4.57. The van der Waals surface area contributed by atoms with Gasteiger partial charge in [0, 0.05) is 0 Å². The zero-order valence-corrected chi connectivity index (χ0v) is 11.9. The number of nitrogen functional groups attached to an aromatic ring is 1. The second kappa shape index (κ2) is 7.40. The molecule has 1 aromatic carbocycles. The summed E-state index contributed by atoms with van der Waals surface area (Å²) in [6.45, 7) is -3.81. The van der Waals surface area contributed by atoms with Gasteiger partial charge >= 0.3 is 6.72 Å². The third kappa shape index (κ3) is 6.04. The highest BCUT2D eigenvalue weighted by molar-refractivity contribution is 8.06. The van der Waals surface area contributed by atoms with Crippen LogP contribution in [0.5, 0.6) is 17.2 Å². The van der Waals surface area contributed by atoms with E-state index in [2.05, 4.69) is 11.8 Å². The van der Waals surface area contributed by atoms with Gasteiger partial charge in [-0.2, -0.15) is 0 Å². The fourth-order valence-corrected chi connectivity index (χ4v) is 1.12. The Kier molecular flexibility index (Phi) is 6.97. The number of benzene rings is 1. The summed E-state index contributed by atoms with van der Waals surface area (Å²) in [6, 6.07) is 3.44. The summed E-state index contributed by atoms with van der Waals surface area (Å²) in [7, 11) is 4.64. The minimum absolute atomic E-state index is 0.502. The van der Waals surface area contributed by atoms with Gasteiger partial charge in [0.15, 0.2) is 11.5 Å². The molecule has 104 valence electrons. The molecule has 0 fully saturated rings. The molecule has 0 radical (unpaired) electrons. The second-order valence-electron chi connectivity index (χ2n) is 2.94. The minimum Gasteiger partial charge on any atom is -0.493 e. The summed E-state index contributed by atoms with van der Waals surface area (Å²) < 4.78 is 15.3. The highest BCUT2D eigenvalue weighted by atomic mass is 32.5. The van der Waals surface area contributed by atoms with E-state index in [1.165, 1.54) is 7.11 Å². The van der Waals surface area contributed by atoms with Crippen LogP contribution in [-0.2, 0) is 11.8 Å². The van der Waals surface area contributed by atoms with Crippen molar-refractivity contribution in [2.24, 2.45) is 0 Å². The monoisotopic (exact) mass is 297 g/mol. The van der Waals surface area contributed by atoms with E-state index in [9.17, 15) is 0 Å². The highest BCUT2D eigenvalue weighted by Crippen LogP contribution is 2.40. The number of hydrogen-bond acceptors (Lipinski definition) is 5. The highest BCUT2D eigenvalue weighted by Gasteiger charge is 2.13. The molecule has 0 spiro atoms. The largest absolute Gasteiger partial charge is 0.493 e. The number of anilines is 1. The first kappa shape index (κ1) is 16.9. The smallest absolute Gasteiger partial charge is 0.319 e. The number of methoxy groups -OCH3 is 3. The first-order chi connectivity index (χ1) is 8.24. The van der Waals surface area contributed by atoms with Gasteiger partial charge < -0.3 is 34.6 Å². The van der Waals surface area contributed by atoms with Gasteiger partial charge in [-0.3, -0.25) is 0 Å². The number of ether oxygens (including phenoxy) is 3. The first-order valence-corrected chi connectivity index (χ1v) is 7.23. The molecule has 0 unspecified atom stereocenters. The van der Waals surface area contributed by atoms with Gasteiger partial charge in [-0.1, -0.05) is 0 Å². The molecule has 0 saturated carbocycles. The third-order valence-corrected chi connectivity index (χ3v) is 1.73. The Morgan fingerprint density at radius 2 is 1.44 bits per heavy atom. The number of nitrogens with two attached hydrogens (primary N) is 1. The van der Waals surface area contributed by atoms with Crippen LogP contribution in [0.1, 0.15) is 0 Å². The molecule has 7 nitrogen and oxygen atoms in total. The van der Waals surface area contributed by atoms with E-state index in [1.807, 2.05) is 0 Å². The van der Waals surface area contributed by atoms with Crippen molar-refractivity contribution in [1.82, 2.24) is 0 Å². The lowest BCUT2D eigenvalue weighted by Gasteiger charge is -2.13. The van der Waals surface area contributed by atoms with Crippen LogP contribution in [0, 0.1) is 0 Å². The van der Waals surface area contributed by atoms with Gasteiger partial charge in [0.1, 0.15) is 0 Å². The molecule has 0 bridgehead atoms. The third-order valence-electron chi connectivity index (χ3n) is 1.73. The predicted molar refractivity (Wildman–Crippen MR) is 71.5 cm³/mol.